The lowest BCUT2D eigenvalue weighted by Gasteiger charge is -2.25. The van der Waals surface area contributed by atoms with Crippen molar-refractivity contribution in [1.29, 1.82) is 0 Å². The minimum Gasteiger partial charge on any atom is -0.365 e. The number of rotatable bonds is 2. The third-order valence-corrected chi connectivity index (χ3v) is 4.62. The number of carbonyl (C=O) groups is 1. The van der Waals surface area contributed by atoms with Gasteiger partial charge in [0.05, 0.1) is 5.56 Å². The van der Waals surface area contributed by atoms with Crippen molar-refractivity contribution in [2.45, 2.75) is 26.7 Å². The van der Waals surface area contributed by atoms with Crippen LogP contribution in [0.25, 0.3) is 0 Å². The number of hydrogen-bond donors (Lipinski definition) is 1. The van der Waals surface area contributed by atoms with Gasteiger partial charge in [-0.05, 0) is 24.0 Å². The monoisotopic (exact) mass is 282 g/mol. The summed E-state index contributed by atoms with van der Waals surface area (Å²) in [7, 11) is 0. The molecule has 110 valence electrons. The highest BCUT2D eigenvalue weighted by molar-refractivity contribution is 5.95. The molecule has 21 heavy (non-hydrogen) atoms. The summed E-state index contributed by atoms with van der Waals surface area (Å²) in [6.45, 7) is 8.05. The third kappa shape index (κ3) is 2.48. The van der Waals surface area contributed by atoms with E-state index in [1.54, 1.807) is 0 Å². The Balaban J connectivity index is 1.85. The third-order valence-electron chi connectivity index (χ3n) is 4.62. The number of hydrogen-bond acceptors (Lipinski definition) is 1. The highest BCUT2D eigenvalue weighted by Crippen LogP contribution is 2.42. The summed E-state index contributed by atoms with van der Waals surface area (Å²) in [5.41, 5.74) is 3.16. The molecule has 1 atom stereocenters. The lowest BCUT2D eigenvalue weighted by atomic mass is 9.78. The molecule has 0 saturated carbocycles. The SMILES string of the molecule is Cc1[nH]ccc1C(=O)N1C[C@H](c2ccccc2)C(C)(C)C1. The van der Waals surface area contributed by atoms with E-state index in [0.717, 1.165) is 24.3 Å². The summed E-state index contributed by atoms with van der Waals surface area (Å²) >= 11 is 0. The first-order valence-corrected chi connectivity index (χ1v) is 7.47. The summed E-state index contributed by atoms with van der Waals surface area (Å²) in [5.74, 6) is 0.530. The molecule has 0 aliphatic carbocycles. The van der Waals surface area contributed by atoms with Gasteiger partial charge in [-0.15, -0.1) is 0 Å². The van der Waals surface area contributed by atoms with Crippen LogP contribution in [0.4, 0.5) is 0 Å². The van der Waals surface area contributed by atoms with Crippen LogP contribution in [0.3, 0.4) is 0 Å². The average Bonchev–Trinajstić information content (AvgIpc) is 3.02. The van der Waals surface area contributed by atoms with E-state index >= 15 is 0 Å². The summed E-state index contributed by atoms with van der Waals surface area (Å²) in [6.07, 6.45) is 1.83. The molecule has 1 aliphatic rings. The van der Waals surface area contributed by atoms with E-state index in [0.29, 0.717) is 5.92 Å². The topological polar surface area (TPSA) is 36.1 Å². The van der Waals surface area contributed by atoms with Crippen LogP contribution in [0.5, 0.6) is 0 Å². The predicted octanol–water partition coefficient (Wildman–Crippen LogP) is 3.59. The van der Waals surface area contributed by atoms with Crippen LogP contribution < -0.4 is 0 Å². The van der Waals surface area contributed by atoms with E-state index in [1.807, 2.05) is 30.2 Å². The molecule has 1 aromatic carbocycles. The molecule has 0 unspecified atom stereocenters. The first-order chi connectivity index (χ1) is 9.99. The number of amides is 1. The van der Waals surface area contributed by atoms with E-state index in [2.05, 4.69) is 43.1 Å². The summed E-state index contributed by atoms with van der Waals surface area (Å²) in [6, 6.07) is 12.4. The molecule has 1 fully saturated rings. The van der Waals surface area contributed by atoms with Gasteiger partial charge in [0.1, 0.15) is 0 Å². The van der Waals surface area contributed by atoms with Crippen molar-refractivity contribution in [1.82, 2.24) is 9.88 Å². The fraction of sp³-hybridized carbons (Fsp3) is 0.389. The van der Waals surface area contributed by atoms with Crippen molar-refractivity contribution in [2.75, 3.05) is 13.1 Å². The van der Waals surface area contributed by atoms with Crippen molar-refractivity contribution in [3.05, 3.63) is 59.4 Å². The molecule has 1 aromatic heterocycles. The van der Waals surface area contributed by atoms with E-state index in [9.17, 15) is 4.79 Å². The summed E-state index contributed by atoms with van der Waals surface area (Å²) < 4.78 is 0. The van der Waals surface area contributed by atoms with Crippen LogP contribution in [-0.4, -0.2) is 28.9 Å². The molecule has 0 spiro atoms. The first-order valence-electron chi connectivity index (χ1n) is 7.47. The van der Waals surface area contributed by atoms with Crippen LogP contribution in [0.15, 0.2) is 42.6 Å². The second-order valence-corrected chi connectivity index (χ2v) is 6.65. The maximum absolute atomic E-state index is 12.7. The number of likely N-dealkylation sites (tertiary alicyclic amines) is 1. The smallest absolute Gasteiger partial charge is 0.255 e. The van der Waals surface area contributed by atoms with Gasteiger partial charge in [-0.25, -0.2) is 0 Å². The van der Waals surface area contributed by atoms with Crippen molar-refractivity contribution in [2.24, 2.45) is 5.41 Å². The molecule has 1 N–H and O–H groups in total. The quantitative estimate of drug-likeness (QED) is 0.897. The lowest BCUT2D eigenvalue weighted by molar-refractivity contribution is 0.0777. The second kappa shape index (κ2) is 5.06. The van der Waals surface area contributed by atoms with Crippen molar-refractivity contribution >= 4 is 5.91 Å². The molecule has 2 heterocycles. The Labute approximate surface area is 126 Å². The Morgan fingerprint density at radius 2 is 1.95 bits per heavy atom. The maximum Gasteiger partial charge on any atom is 0.255 e. The molecule has 1 saturated heterocycles. The number of nitrogens with zero attached hydrogens (tertiary/aromatic N) is 1. The number of aryl methyl sites for hydroxylation is 1. The number of aromatic amines is 1. The molecule has 0 radical (unpaired) electrons. The molecule has 3 rings (SSSR count). The second-order valence-electron chi connectivity index (χ2n) is 6.65. The molecular formula is C18H22N2O. The van der Waals surface area contributed by atoms with Crippen LogP contribution in [0.1, 0.15) is 41.4 Å². The number of carbonyl (C=O) groups excluding carboxylic acids is 1. The van der Waals surface area contributed by atoms with E-state index in [1.165, 1.54) is 5.56 Å². The van der Waals surface area contributed by atoms with Crippen LogP contribution >= 0.6 is 0 Å². The van der Waals surface area contributed by atoms with Gasteiger partial charge >= 0.3 is 0 Å². The highest BCUT2D eigenvalue weighted by atomic mass is 16.2. The van der Waals surface area contributed by atoms with E-state index in [4.69, 9.17) is 0 Å². The lowest BCUT2D eigenvalue weighted by Crippen LogP contribution is -2.30. The van der Waals surface area contributed by atoms with Gasteiger partial charge in [0.2, 0.25) is 0 Å². The normalized spacial score (nSPS) is 20.7. The minimum absolute atomic E-state index is 0.0984. The Bertz CT molecular complexity index is 642. The van der Waals surface area contributed by atoms with Crippen LogP contribution in [-0.2, 0) is 0 Å². The predicted molar refractivity (Wildman–Crippen MR) is 84.4 cm³/mol. The van der Waals surface area contributed by atoms with Crippen LogP contribution in [0.2, 0.25) is 0 Å². The number of nitrogens with one attached hydrogen (secondary N) is 1. The van der Waals surface area contributed by atoms with Crippen molar-refractivity contribution in [3.63, 3.8) is 0 Å². The van der Waals surface area contributed by atoms with Gasteiger partial charge in [-0.2, -0.15) is 0 Å². The molecule has 2 aromatic rings. The van der Waals surface area contributed by atoms with Gasteiger partial charge in [-0.1, -0.05) is 44.2 Å². The summed E-state index contributed by atoms with van der Waals surface area (Å²) in [5, 5.41) is 0. The van der Waals surface area contributed by atoms with Gasteiger partial charge in [0, 0.05) is 30.9 Å². The fourth-order valence-corrected chi connectivity index (χ4v) is 3.39. The van der Waals surface area contributed by atoms with Crippen molar-refractivity contribution in [3.8, 4) is 0 Å². The molecule has 1 aliphatic heterocycles. The number of benzene rings is 1. The zero-order chi connectivity index (χ0) is 15.0. The Morgan fingerprint density at radius 1 is 1.24 bits per heavy atom. The first kappa shape index (κ1) is 13.9. The molecule has 3 heteroatoms. The number of H-pyrrole nitrogens is 1. The van der Waals surface area contributed by atoms with Gasteiger partial charge < -0.3 is 9.88 Å². The standard InChI is InChI=1S/C18H22N2O/c1-13-15(9-10-19-13)17(21)20-11-16(18(2,3)12-20)14-7-5-4-6-8-14/h4-10,16,19H,11-12H2,1-3H3/t16-/m1/s1. The van der Waals surface area contributed by atoms with Gasteiger partial charge in [0.15, 0.2) is 0 Å². The van der Waals surface area contributed by atoms with Gasteiger partial charge in [-0.3, -0.25) is 4.79 Å². The zero-order valence-corrected chi connectivity index (χ0v) is 12.9. The Hall–Kier alpha value is -2.03. The van der Waals surface area contributed by atoms with E-state index in [-0.39, 0.29) is 11.3 Å². The largest absolute Gasteiger partial charge is 0.365 e. The maximum atomic E-state index is 12.7. The zero-order valence-electron chi connectivity index (χ0n) is 12.9. The number of aromatic nitrogens is 1. The molecular weight excluding hydrogens is 260 g/mol. The van der Waals surface area contributed by atoms with Crippen molar-refractivity contribution < 1.29 is 4.79 Å². The average molecular weight is 282 g/mol. The Morgan fingerprint density at radius 3 is 2.57 bits per heavy atom. The highest BCUT2D eigenvalue weighted by Gasteiger charge is 2.42. The molecule has 1 amide bonds. The molecule has 3 nitrogen and oxygen atoms in total. The Kier molecular flexibility index (Phi) is 3.36. The minimum atomic E-state index is 0.0984. The van der Waals surface area contributed by atoms with Crippen LogP contribution in [0, 0.1) is 12.3 Å². The molecule has 0 bridgehead atoms. The van der Waals surface area contributed by atoms with Gasteiger partial charge in [0.25, 0.3) is 5.91 Å². The fourth-order valence-electron chi connectivity index (χ4n) is 3.39. The summed E-state index contributed by atoms with van der Waals surface area (Å²) in [4.78, 5) is 17.8. The van der Waals surface area contributed by atoms with E-state index < -0.39 is 0 Å².